The Morgan fingerprint density at radius 2 is 2.45 bits per heavy atom. The van der Waals surface area contributed by atoms with Gasteiger partial charge in [0.25, 0.3) is 0 Å². The summed E-state index contributed by atoms with van der Waals surface area (Å²) in [5, 5.41) is 9.04. The normalized spacial score (nSPS) is 27.9. The first-order valence-electron chi connectivity index (χ1n) is 3.73. The lowest BCUT2D eigenvalue weighted by Gasteiger charge is -2.23. The largest absolute Gasteiger partial charge is 0.481 e. The van der Waals surface area contributed by atoms with Gasteiger partial charge in [-0.3, -0.25) is 4.79 Å². The van der Waals surface area contributed by atoms with Crippen molar-refractivity contribution in [1.29, 1.82) is 0 Å². The molecule has 0 bridgehead atoms. The molecule has 11 heavy (non-hydrogen) atoms. The van der Waals surface area contributed by atoms with Crippen LogP contribution in [0.4, 0.5) is 0 Å². The zero-order valence-electron chi connectivity index (χ0n) is 6.45. The van der Waals surface area contributed by atoms with Crippen LogP contribution in [0.25, 0.3) is 0 Å². The zero-order chi connectivity index (χ0) is 8.27. The van der Waals surface area contributed by atoms with Crippen molar-refractivity contribution in [3.8, 4) is 0 Å². The van der Waals surface area contributed by atoms with Gasteiger partial charge in [0.15, 0.2) is 0 Å². The molecular formula is C7H12O2S2. The maximum absolute atomic E-state index is 10.6. The molecule has 0 aromatic heterocycles. The van der Waals surface area contributed by atoms with Gasteiger partial charge in [-0.1, -0.05) is 28.5 Å². The molecule has 1 aliphatic rings. The van der Waals surface area contributed by atoms with E-state index in [1.807, 2.05) is 0 Å². The molecule has 1 aliphatic heterocycles. The molecule has 0 amide bonds. The van der Waals surface area contributed by atoms with E-state index in [1.165, 1.54) is 12.2 Å². The molecule has 2 unspecified atom stereocenters. The molecule has 0 radical (unpaired) electrons. The smallest absolute Gasteiger partial charge is 0.307 e. The lowest BCUT2D eigenvalue weighted by atomic mass is 10.0. The molecule has 2 nitrogen and oxygen atoms in total. The number of rotatable bonds is 2. The Morgan fingerprint density at radius 1 is 1.73 bits per heavy atom. The van der Waals surface area contributed by atoms with E-state index in [0.717, 1.165) is 6.42 Å². The van der Waals surface area contributed by atoms with Crippen LogP contribution in [0.1, 0.15) is 19.8 Å². The minimum Gasteiger partial charge on any atom is -0.481 e. The molecular weight excluding hydrogens is 180 g/mol. The monoisotopic (exact) mass is 192 g/mol. The van der Waals surface area contributed by atoms with Crippen molar-refractivity contribution in [3.05, 3.63) is 0 Å². The fraction of sp³-hybridized carbons (Fsp3) is 0.857. The molecule has 1 heterocycles. The fourth-order valence-electron chi connectivity index (χ4n) is 1.02. The molecule has 0 spiro atoms. The second-order valence-corrected chi connectivity index (χ2v) is 5.45. The third-order valence-electron chi connectivity index (χ3n) is 1.86. The molecule has 1 fully saturated rings. The van der Waals surface area contributed by atoms with Crippen LogP contribution in [0.3, 0.4) is 0 Å². The molecule has 0 aromatic carbocycles. The molecule has 0 aliphatic carbocycles. The van der Waals surface area contributed by atoms with Gasteiger partial charge >= 0.3 is 5.97 Å². The van der Waals surface area contributed by atoms with Crippen molar-refractivity contribution >= 4 is 27.6 Å². The Labute approximate surface area is 74.5 Å². The summed E-state index contributed by atoms with van der Waals surface area (Å²) < 4.78 is 0. The first kappa shape index (κ1) is 9.26. The summed E-state index contributed by atoms with van der Waals surface area (Å²) in [5.41, 5.74) is 0. The Kier molecular flexibility index (Phi) is 3.59. The highest BCUT2D eigenvalue weighted by Gasteiger charge is 2.25. The van der Waals surface area contributed by atoms with Crippen molar-refractivity contribution < 1.29 is 9.90 Å². The van der Waals surface area contributed by atoms with Gasteiger partial charge in [0.1, 0.15) is 0 Å². The summed E-state index contributed by atoms with van der Waals surface area (Å²) >= 11 is 0. The predicted octanol–water partition coefficient (Wildman–Crippen LogP) is 2.25. The number of carbonyl (C=O) groups is 1. The molecule has 1 saturated heterocycles. The van der Waals surface area contributed by atoms with Crippen LogP contribution in [0.5, 0.6) is 0 Å². The van der Waals surface area contributed by atoms with Crippen LogP contribution in [0.2, 0.25) is 0 Å². The number of carboxylic acids is 1. The summed E-state index contributed by atoms with van der Waals surface area (Å²) in [4.78, 5) is 10.6. The van der Waals surface area contributed by atoms with Gasteiger partial charge in [0.05, 0.1) is 5.92 Å². The molecule has 64 valence electrons. The van der Waals surface area contributed by atoms with E-state index in [0.29, 0.717) is 5.25 Å². The van der Waals surface area contributed by atoms with Crippen LogP contribution in [0.15, 0.2) is 0 Å². The molecule has 0 aromatic rings. The Balaban J connectivity index is 2.38. The second kappa shape index (κ2) is 4.26. The van der Waals surface area contributed by atoms with Gasteiger partial charge in [-0.05, 0) is 12.8 Å². The van der Waals surface area contributed by atoms with E-state index in [9.17, 15) is 4.79 Å². The maximum Gasteiger partial charge on any atom is 0.307 e. The summed E-state index contributed by atoms with van der Waals surface area (Å²) in [5.74, 6) is 0.325. The van der Waals surface area contributed by atoms with Gasteiger partial charge in [0.2, 0.25) is 0 Å². The van der Waals surface area contributed by atoms with E-state index >= 15 is 0 Å². The van der Waals surface area contributed by atoms with Crippen molar-refractivity contribution in [2.75, 3.05) is 5.75 Å². The van der Waals surface area contributed by atoms with Crippen LogP contribution in [-0.4, -0.2) is 22.1 Å². The zero-order valence-corrected chi connectivity index (χ0v) is 8.08. The number of hydrogen-bond donors (Lipinski definition) is 1. The second-order valence-electron chi connectivity index (χ2n) is 2.73. The highest BCUT2D eigenvalue weighted by atomic mass is 33.1. The van der Waals surface area contributed by atoms with Crippen molar-refractivity contribution in [3.63, 3.8) is 0 Å². The van der Waals surface area contributed by atoms with E-state index in [-0.39, 0.29) is 5.92 Å². The molecule has 0 saturated carbocycles. The average Bonchev–Trinajstić information content (AvgIpc) is 2.05. The number of hydrogen-bond acceptors (Lipinski definition) is 3. The summed E-state index contributed by atoms with van der Waals surface area (Å²) in [7, 11) is 3.54. The summed E-state index contributed by atoms with van der Waals surface area (Å²) in [6, 6.07) is 0. The minimum atomic E-state index is -0.662. The van der Waals surface area contributed by atoms with Crippen LogP contribution in [-0.2, 0) is 4.79 Å². The number of aliphatic carboxylic acids is 1. The van der Waals surface area contributed by atoms with Crippen LogP contribution >= 0.6 is 21.6 Å². The van der Waals surface area contributed by atoms with Crippen molar-refractivity contribution in [1.82, 2.24) is 0 Å². The quantitative estimate of drug-likeness (QED) is 0.681. The van der Waals surface area contributed by atoms with Gasteiger partial charge in [-0.25, -0.2) is 0 Å². The molecule has 2 atom stereocenters. The first-order valence-corrected chi connectivity index (χ1v) is 6.11. The summed E-state index contributed by atoms with van der Waals surface area (Å²) in [6.07, 6.45) is 2.23. The Morgan fingerprint density at radius 3 is 2.91 bits per heavy atom. The Hall–Kier alpha value is 0.170. The topological polar surface area (TPSA) is 37.3 Å². The van der Waals surface area contributed by atoms with Gasteiger partial charge < -0.3 is 5.11 Å². The van der Waals surface area contributed by atoms with Gasteiger partial charge in [-0.15, -0.1) is 0 Å². The van der Waals surface area contributed by atoms with E-state index in [2.05, 4.69) is 0 Å². The molecule has 1 N–H and O–H groups in total. The van der Waals surface area contributed by atoms with E-state index in [4.69, 9.17) is 5.11 Å². The highest BCUT2D eigenvalue weighted by molar-refractivity contribution is 8.77. The van der Waals surface area contributed by atoms with Gasteiger partial charge in [0, 0.05) is 11.0 Å². The standard InChI is InChI=1S/C7H12O2S2/c1-5(7(8)9)6-3-2-4-10-11-6/h5-6H,2-4H2,1H3,(H,8,9). The maximum atomic E-state index is 10.6. The SMILES string of the molecule is CC(C(=O)O)C1CCCSS1. The minimum absolute atomic E-state index is 0.187. The first-order chi connectivity index (χ1) is 5.22. The van der Waals surface area contributed by atoms with Gasteiger partial charge in [-0.2, -0.15) is 0 Å². The highest BCUT2D eigenvalue weighted by Crippen LogP contribution is 2.39. The lowest BCUT2D eigenvalue weighted by molar-refractivity contribution is -0.141. The summed E-state index contributed by atoms with van der Waals surface area (Å²) in [6.45, 7) is 1.80. The molecule has 4 heteroatoms. The van der Waals surface area contributed by atoms with Crippen molar-refractivity contribution in [2.45, 2.75) is 25.0 Å². The third-order valence-corrected chi connectivity index (χ3v) is 4.99. The van der Waals surface area contributed by atoms with Crippen LogP contribution < -0.4 is 0 Å². The Bertz CT molecular complexity index is 143. The lowest BCUT2D eigenvalue weighted by Crippen LogP contribution is -2.23. The van der Waals surface area contributed by atoms with Crippen LogP contribution in [0, 0.1) is 5.92 Å². The molecule has 1 rings (SSSR count). The predicted molar refractivity (Wildman–Crippen MR) is 49.9 cm³/mol. The fourth-order valence-corrected chi connectivity index (χ4v) is 4.08. The van der Waals surface area contributed by atoms with E-state index < -0.39 is 5.97 Å². The average molecular weight is 192 g/mol. The van der Waals surface area contributed by atoms with Crippen molar-refractivity contribution in [2.24, 2.45) is 5.92 Å². The van der Waals surface area contributed by atoms with E-state index in [1.54, 1.807) is 28.5 Å². The number of carboxylic acid groups (broad SMARTS) is 1. The third kappa shape index (κ3) is 2.60.